The number of fused-ring (bicyclic) bond motifs is 2. The fourth-order valence-electron chi connectivity index (χ4n) is 6.71. The normalized spacial score (nSPS) is 22.1. The third-order valence-corrected chi connectivity index (χ3v) is 9.64. The van der Waals surface area contributed by atoms with Crippen molar-refractivity contribution in [1.82, 2.24) is 29.7 Å². The lowest BCUT2D eigenvalue weighted by Gasteiger charge is -2.39. The first-order valence-electron chi connectivity index (χ1n) is 16.5. The summed E-state index contributed by atoms with van der Waals surface area (Å²) in [5.41, 5.74) is 3.50. The second kappa shape index (κ2) is 13.6. The highest BCUT2D eigenvalue weighted by Gasteiger charge is 2.31. The molecular formula is C34H46N8O4S. The van der Waals surface area contributed by atoms with Crippen molar-refractivity contribution in [2.45, 2.75) is 103 Å². The van der Waals surface area contributed by atoms with E-state index in [4.69, 9.17) is 8.92 Å². The van der Waals surface area contributed by atoms with E-state index in [1.165, 1.54) is 12.7 Å². The predicted molar refractivity (Wildman–Crippen MR) is 183 cm³/mol. The van der Waals surface area contributed by atoms with Crippen molar-refractivity contribution in [3.63, 3.8) is 0 Å². The van der Waals surface area contributed by atoms with Crippen LogP contribution >= 0.6 is 0 Å². The van der Waals surface area contributed by atoms with Gasteiger partial charge in [-0.2, -0.15) is 5.10 Å². The zero-order valence-electron chi connectivity index (χ0n) is 28.1. The topological polar surface area (TPSA) is 128 Å². The third kappa shape index (κ3) is 7.30. The molecule has 0 spiro atoms. The summed E-state index contributed by atoms with van der Waals surface area (Å²) in [6.07, 6.45) is 8.25. The van der Waals surface area contributed by atoms with E-state index in [1.807, 2.05) is 40.9 Å². The van der Waals surface area contributed by atoms with Crippen LogP contribution in [-0.4, -0.2) is 59.6 Å². The summed E-state index contributed by atoms with van der Waals surface area (Å²) in [6.45, 7) is 11.3. The van der Waals surface area contributed by atoms with Gasteiger partial charge in [0.1, 0.15) is 17.7 Å². The molecule has 6 rings (SSSR count). The van der Waals surface area contributed by atoms with E-state index in [0.29, 0.717) is 30.9 Å². The van der Waals surface area contributed by atoms with Gasteiger partial charge < -0.3 is 15.0 Å². The molecule has 1 fully saturated rings. The minimum Gasteiger partial charge on any atom is -0.484 e. The molecule has 252 valence electrons. The molecule has 5 unspecified atom stereocenters. The molecule has 2 N–H and O–H groups in total. The second-order valence-electron chi connectivity index (χ2n) is 13.7. The molecule has 1 aliphatic carbocycles. The standard InChI is InChI=1S/C34H46N8O4S/c1-22-10-9-11-23(2)42(22)33-38-37-30-17-14-24(21-40(30)33)46-28-16-15-27(25-12-7-8-13-26(25)28)35-32(43)36-31-20-29(34(3,4)5)39-41(31)18-19-45-47(6)44/h7-8,12-14,17,20-23,27-28H,9-11,15-16,18-19H2,1-6H3,(H2,35,36,43). The first-order chi connectivity index (χ1) is 22.5. The monoisotopic (exact) mass is 662 g/mol. The summed E-state index contributed by atoms with van der Waals surface area (Å²) in [4.78, 5) is 15.7. The average Bonchev–Trinajstić information content (AvgIpc) is 3.62. The molecule has 2 aliphatic rings. The highest BCUT2D eigenvalue weighted by Crippen LogP contribution is 2.39. The second-order valence-corrected chi connectivity index (χ2v) is 14.7. The van der Waals surface area contributed by atoms with Gasteiger partial charge in [-0.15, -0.1) is 10.2 Å². The molecule has 0 radical (unpaired) electrons. The van der Waals surface area contributed by atoms with E-state index in [1.54, 1.807) is 4.68 Å². The van der Waals surface area contributed by atoms with Gasteiger partial charge in [-0.3, -0.25) is 13.9 Å². The zero-order valence-corrected chi connectivity index (χ0v) is 28.9. The van der Waals surface area contributed by atoms with Gasteiger partial charge in [0, 0.05) is 29.8 Å². The first kappa shape index (κ1) is 33.0. The number of benzene rings is 1. The smallest absolute Gasteiger partial charge is 0.320 e. The fourth-order valence-corrected chi connectivity index (χ4v) is 7.02. The van der Waals surface area contributed by atoms with E-state index >= 15 is 0 Å². The Labute approximate surface area is 278 Å². The summed E-state index contributed by atoms with van der Waals surface area (Å²) in [5, 5.41) is 19.9. The SMILES string of the molecule is CC1CCCC(C)N1c1nnc2ccc(OC3CCC(NC(=O)Nc4cc(C(C)(C)C)nn4CCOS(C)=O)c4ccccc43)cn12. The number of hydrogen-bond acceptors (Lipinski definition) is 8. The number of carbonyl (C=O) groups is 1. The fraction of sp³-hybridized carbons (Fsp3) is 0.529. The quantitative estimate of drug-likeness (QED) is 0.221. The van der Waals surface area contributed by atoms with E-state index in [9.17, 15) is 9.00 Å². The lowest BCUT2D eigenvalue weighted by molar-refractivity contribution is 0.171. The van der Waals surface area contributed by atoms with Gasteiger partial charge in [0.15, 0.2) is 16.7 Å². The number of pyridine rings is 1. The highest BCUT2D eigenvalue weighted by atomic mass is 32.2. The number of anilines is 2. The molecule has 1 aliphatic heterocycles. The molecule has 1 saturated heterocycles. The van der Waals surface area contributed by atoms with E-state index in [2.05, 4.69) is 77.6 Å². The number of hydrogen-bond donors (Lipinski definition) is 2. The van der Waals surface area contributed by atoms with E-state index in [-0.39, 0.29) is 30.2 Å². The van der Waals surface area contributed by atoms with Crippen molar-refractivity contribution in [2.24, 2.45) is 0 Å². The number of nitrogens with zero attached hydrogens (tertiary/aromatic N) is 6. The molecule has 13 heteroatoms. The lowest BCUT2D eigenvalue weighted by atomic mass is 9.85. The minimum absolute atomic E-state index is 0.169. The van der Waals surface area contributed by atoms with Gasteiger partial charge in [0.25, 0.3) is 0 Å². The molecular weight excluding hydrogens is 616 g/mol. The summed E-state index contributed by atoms with van der Waals surface area (Å²) < 4.78 is 27.0. The maximum Gasteiger partial charge on any atom is 0.320 e. The first-order valence-corrected chi connectivity index (χ1v) is 18.0. The van der Waals surface area contributed by atoms with Gasteiger partial charge in [-0.25, -0.2) is 13.7 Å². The van der Waals surface area contributed by atoms with Crippen LogP contribution in [-0.2, 0) is 27.2 Å². The third-order valence-electron chi connectivity index (χ3n) is 9.14. The number of amides is 2. The maximum absolute atomic E-state index is 13.4. The van der Waals surface area contributed by atoms with Gasteiger partial charge >= 0.3 is 6.03 Å². The van der Waals surface area contributed by atoms with Crippen molar-refractivity contribution in [2.75, 3.05) is 23.1 Å². The van der Waals surface area contributed by atoms with Crippen LogP contribution in [0.1, 0.15) is 95.7 Å². The Morgan fingerprint density at radius 1 is 1.02 bits per heavy atom. The van der Waals surface area contributed by atoms with Crippen LogP contribution in [0.3, 0.4) is 0 Å². The van der Waals surface area contributed by atoms with Crippen LogP contribution in [0.2, 0.25) is 0 Å². The van der Waals surface area contributed by atoms with Crippen molar-refractivity contribution in [3.8, 4) is 5.75 Å². The Morgan fingerprint density at radius 2 is 1.77 bits per heavy atom. The van der Waals surface area contributed by atoms with Gasteiger partial charge in [0.05, 0.1) is 31.1 Å². The van der Waals surface area contributed by atoms with Crippen LogP contribution in [0.5, 0.6) is 5.75 Å². The number of ether oxygens (including phenoxy) is 1. The predicted octanol–water partition coefficient (Wildman–Crippen LogP) is 6.08. The maximum atomic E-state index is 13.4. The summed E-state index contributed by atoms with van der Waals surface area (Å²) in [7, 11) is 0. The van der Waals surface area contributed by atoms with Crippen molar-refractivity contribution >= 4 is 34.5 Å². The number of carbonyl (C=O) groups excluding carboxylic acids is 1. The Kier molecular flexibility index (Phi) is 9.56. The van der Waals surface area contributed by atoms with Crippen LogP contribution in [0, 0.1) is 0 Å². The van der Waals surface area contributed by atoms with Crippen molar-refractivity contribution in [3.05, 3.63) is 65.5 Å². The Bertz CT molecular complexity index is 1740. The Morgan fingerprint density at radius 3 is 2.49 bits per heavy atom. The molecule has 0 bridgehead atoms. The number of nitrogens with one attached hydrogen (secondary N) is 2. The van der Waals surface area contributed by atoms with Gasteiger partial charge in [-0.1, -0.05) is 45.0 Å². The Hall–Kier alpha value is -3.97. The largest absolute Gasteiger partial charge is 0.484 e. The molecule has 12 nitrogen and oxygen atoms in total. The summed E-state index contributed by atoms with van der Waals surface area (Å²) >= 11 is -1.38. The molecule has 3 aromatic heterocycles. The number of aromatic nitrogens is 5. The molecule has 0 saturated carbocycles. The van der Waals surface area contributed by atoms with E-state index in [0.717, 1.165) is 53.4 Å². The molecule has 47 heavy (non-hydrogen) atoms. The number of rotatable bonds is 9. The highest BCUT2D eigenvalue weighted by molar-refractivity contribution is 7.79. The molecule has 4 aromatic rings. The molecule has 5 atom stereocenters. The van der Waals surface area contributed by atoms with Crippen LogP contribution < -0.4 is 20.3 Å². The van der Waals surface area contributed by atoms with Crippen LogP contribution in [0.4, 0.5) is 16.6 Å². The number of piperidine rings is 1. The van der Waals surface area contributed by atoms with Gasteiger partial charge in [0.2, 0.25) is 5.95 Å². The Balaban J connectivity index is 1.17. The van der Waals surface area contributed by atoms with Crippen LogP contribution in [0.15, 0.2) is 48.7 Å². The lowest BCUT2D eigenvalue weighted by Crippen LogP contribution is -2.44. The zero-order chi connectivity index (χ0) is 33.3. The molecule has 2 amide bonds. The number of urea groups is 1. The summed E-state index contributed by atoms with van der Waals surface area (Å²) in [5.74, 6) is 2.16. The van der Waals surface area contributed by atoms with E-state index < -0.39 is 11.1 Å². The average molecular weight is 663 g/mol. The molecule has 4 heterocycles. The summed E-state index contributed by atoms with van der Waals surface area (Å²) in [6, 6.07) is 14.2. The minimum atomic E-state index is -1.38. The van der Waals surface area contributed by atoms with Gasteiger partial charge in [-0.05, 0) is 69.2 Å². The van der Waals surface area contributed by atoms with Crippen LogP contribution in [0.25, 0.3) is 5.65 Å². The molecule has 1 aromatic carbocycles. The van der Waals surface area contributed by atoms with Crippen molar-refractivity contribution < 1.29 is 17.9 Å². The van der Waals surface area contributed by atoms with Crippen molar-refractivity contribution in [1.29, 1.82) is 0 Å².